The fraction of sp³-hybridized carbons (Fsp3) is 0.333. The summed E-state index contributed by atoms with van der Waals surface area (Å²) in [5, 5.41) is 11.6. The van der Waals surface area contributed by atoms with E-state index in [4.69, 9.17) is 0 Å². The second-order valence-corrected chi connectivity index (χ2v) is 2.93. The zero-order valence-corrected chi connectivity index (χ0v) is 6.34. The lowest BCUT2D eigenvalue weighted by atomic mass is 10.0. The van der Waals surface area contributed by atoms with E-state index < -0.39 is 0 Å². The van der Waals surface area contributed by atoms with E-state index in [0.717, 1.165) is 25.1 Å². The fourth-order valence-corrected chi connectivity index (χ4v) is 1.58. The number of nitrogens with one attached hydrogen (secondary N) is 1. The average molecular weight is 149 g/mol. The minimum atomic E-state index is 0.312. The van der Waals surface area contributed by atoms with Crippen molar-refractivity contribution in [1.29, 1.82) is 0 Å². The Balaban J connectivity index is 2.44. The van der Waals surface area contributed by atoms with Gasteiger partial charge in [0.2, 0.25) is 0 Å². The zero-order chi connectivity index (χ0) is 7.68. The molecule has 1 unspecified atom stereocenters. The van der Waals surface area contributed by atoms with Crippen molar-refractivity contribution >= 4 is 5.69 Å². The number of hydroxylamine groups is 1. The minimum absolute atomic E-state index is 0.312. The van der Waals surface area contributed by atoms with Crippen LogP contribution in [0.3, 0.4) is 0 Å². The first-order valence-corrected chi connectivity index (χ1v) is 3.99. The molecule has 2 rings (SSSR count). The first-order chi connectivity index (χ1) is 5.38. The van der Waals surface area contributed by atoms with Crippen molar-refractivity contribution in [3.05, 3.63) is 35.0 Å². The zero-order valence-electron chi connectivity index (χ0n) is 6.34. The highest BCUT2D eigenvalue weighted by molar-refractivity contribution is 5.40. The molecule has 0 fully saturated rings. The second-order valence-electron chi connectivity index (χ2n) is 2.93. The molecule has 0 amide bonds. The molecule has 1 aliphatic rings. The Bertz CT molecular complexity index is 259. The predicted molar refractivity (Wildman–Crippen MR) is 43.6 cm³/mol. The van der Waals surface area contributed by atoms with E-state index in [9.17, 15) is 5.21 Å². The summed E-state index contributed by atoms with van der Waals surface area (Å²) in [5.41, 5.74) is 2.17. The molecule has 0 saturated heterocycles. The van der Waals surface area contributed by atoms with Crippen LogP contribution in [-0.2, 0) is 6.42 Å². The quantitative estimate of drug-likeness (QED) is 0.539. The molecule has 0 radical (unpaired) electrons. The van der Waals surface area contributed by atoms with Gasteiger partial charge in [0.15, 0.2) is 0 Å². The van der Waals surface area contributed by atoms with Crippen molar-refractivity contribution in [2.45, 2.75) is 12.8 Å². The van der Waals surface area contributed by atoms with Crippen LogP contribution in [0.2, 0.25) is 0 Å². The number of aryl methyl sites for hydroxylation is 1. The largest absolute Gasteiger partial charge is 0.629 e. The van der Waals surface area contributed by atoms with Gasteiger partial charge >= 0.3 is 0 Å². The van der Waals surface area contributed by atoms with E-state index in [-0.39, 0.29) is 0 Å². The topological polar surface area (TPSA) is 27.5 Å². The molecule has 11 heavy (non-hydrogen) atoms. The van der Waals surface area contributed by atoms with Crippen molar-refractivity contribution in [1.82, 2.24) is 0 Å². The van der Waals surface area contributed by atoms with E-state index in [1.807, 2.05) is 24.3 Å². The maximum absolute atomic E-state index is 11.3. The molecule has 1 N–H and O–H groups in total. The minimum Gasteiger partial charge on any atom is -0.629 e. The van der Waals surface area contributed by atoms with E-state index in [2.05, 4.69) is 0 Å². The monoisotopic (exact) mass is 149 g/mol. The smallest absolute Gasteiger partial charge is 0.134 e. The highest BCUT2D eigenvalue weighted by Crippen LogP contribution is 2.15. The SMILES string of the molecule is [O-][NH+]1CCCc2ccccc21. The molecule has 1 aromatic carbocycles. The molecule has 1 atom stereocenters. The third-order valence-corrected chi connectivity index (χ3v) is 2.17. The molecule has 0 aromatic heterocycles. The number of fused-ring (bicyclic) bond motifs is 1. The van der Waals surface area contributed by atoms with Crippen LogP contribution in [0.25, 0.3) is 0 Å². The summed E-state index contributed by atoms with van der Waals surface area (Å²) < 4.78 is 0. The number of hydrogen-bond acceptors (Lipinski definition) is 1. The molecule has 2 nitrogen and oxygen atoms in total. The molecule has 1 aliphatic heterocycles. The fourth-order valence-electron chi connectivity index (χ4n) is 1.58. The van der Waals surface area contributed by atoms with Crippen LogP contribution in [0.15, 0.2) is 24.3 Å². The first-order valence-electron chi connectivity index (χ1n) is 3.99. The van der Waals surface area contributed by atoms with Gasteiger partial charge < -0.3 is 10.3 Å². The summed E-state index contributed by atoms with van der Waals surface area (Å²) >= 11 is 0. The van der Waals surface area contributed by atoms with Crippen molar-refractivity contribution in [2.24, 2.45) is 0 Å². The van der Waals surface area contributed by atoms with Crippen LogP contribution >= 0.6 is 0 Å². The first kappa shape index (κ1) is 6.83. The second kappa shape index (κ2) is 2.64. The van der Waals surface area contributed by atoms with Crippen molar-refractivity contribution in [3.63, 3.8) is 0 Å². The molecule has 0 bridgehead atoms. The van der Waals surface area contributed by atoms with Gasteiger partial charge in [0.25, 0.3) is 0 Å². The molecule has 0 saturated carbocycles. The van der Waals surface area contributed by atoms with E-state index in [1.54, 1.807) is 0 Å². The number of rotatable bonds is 0. The molecule has 1 aromatic rings. The summed E-state index contributed by atoms with van der Waals surface area (Å²) in [6.45, 7) is 0.733. The van der Waals surface area contributed by atoms with Crippen molar-refractivity contribution in [2.75, 3.05) is 6.54 Å². The average Bonchev–Trinajstić information content (AvgIpc) is 2.06. The summed E-state index contributed by atoms with van der Waals surface area (Å²) in [4.78, 5) is 0. The maximum atomic E-state index is 11.3. The van der Waals surface area contributed by atoms with Crippen LogP contribution in [0.1, 0.15) is 12.0 Å². The third-order valence-electron chi connectivity index (χ3n) is 2.17. The van der Waals surface area contributed by atoms with Crippen LogP contribution in [-0.4, -0.2) is 6.54 Å². The van der Waals surface area contributed by atoms with Gasteiger partial charge in [-0.05, 0) is 12.5 Å². The van der Waals surface area contributed by atoms with Gasteiger partial charge in [-0.1, -0.05) is 18.2 Å². The van der Waals surface area contributed by atoms with Gasteiger partial charge in [-0.2, -0.15) is 0 Å². The summed E-state index contributed by atoms with van der Waals surface area (Å²) in [6.07, 6.45) is 2.09. The Morgan fingerprint density at radius 3 is 2.91 bits per heavy atom. The molecule has 58 valence electrons. The Morgan fingerprint density at radius 2 is 2.09 bits per heavy atom. The maximum Gasteiger partial charge on any atom is 0.134 e. The van der Waals surface area contributed by atoms with Crippen LogP contribution < -0.4 is 5.06 Å². The van der Waals surface area contributed by atoms with E-state index >= 15 is 0 Å². The lowest BCUT2D eigenvalue weighted by molar-refractivity contribution is -0.779. The van der Waals surface area contributed by atoms with Gasteiger partial charge in [-0.15, -0.1) is 0 Å². The highest BCUT2D eigenvalue weighted by Gasteiger charge is 2.13. The standard InChI is InChI=1S/C9H11NO/c11-10-7-3-5-8-4-1-2-6-9(8)10/h1-2,4,6,10H,3,5,7H2. The third kappa shape index (κ3) is 1.15. The lowest BCUT2D eigenvalue weighted by Crippen LogP contribution is -3.03. The molecule has 0 spiro atoms. The van der Waals surface area contributed by atoms with E-state index in [0.29, 0.717) is 5.06 Å². The molecular weight excluding hydrogens is 138 g/mol. The Morgan fingerprint density at radius 1 is 1.27 bits per heavy atom. The van der Waals surface area contributed by atoms with Crippen molar-refractivity contribution < 1.29 is 5.06 Å². The van der Waals surface area contributed by atoms with Crippen LogP contribution in [0.5, 0.6) is 0 Å². The molecule has 1 heterocycles. The van der Waals surface area contributed by atoms with Gasteiger partial charge in [-0.25, -0.2) is 0 Å². The Kier molecular flexibility index (Phi) is 1.64. The van der Waals surface area contributed by atoms with Crippen molar-refractivity contribution in [3.8, 4) is 0 Å². The van der Waals surface area contributed by atoms with Gasteiger partial charge in [-0.3, -0.25) is 0 Å². The molecular formula is C9H11NO. The number of para-hydroxylation sites is 1. The van der Waals surface area contributed by atoms with Gasteiger partial charge in [0, 0.05) is 12.0 Å². The summed E-state index contributed by atoms with van der Waals surface area (Å²) in [7, 11) is 0. The highest BCUT2D eigenvalue weighted by atomic mass is 16.5. The number of quaternary nitrogens is 1. The number of benzene rings is 1. The molecule has 0 aliphatic carbocycles. The molecule has 2 heteroatoms. The Hall–Kier alpha value is -0.860. The van der Waals surface area contributed by atoms with Gasteiger partial charge in [0.05, 0.1) is 6.54 Å². The van der Waals surface area contributed by atoms with Crippen LogP contribution in [0.4, 0.5) is 5.69 Å². The number of hydrogen-bond donors (Lipinski definition) is 1. The summed E-state index contributed by atoms with van der Waals surface area (Å²) in [6, 6.07) is 7.91. The Labute approximate surface area is 66.0 Å². The normalized spacial score (nSPS) is 22.8. The predicted octanol–water partition coefficient (Wildman–Crippen LogP) is 0.647. The van der Waals surface area contributed by atoms with E-state index in [1.165, 1.54) is 5.56 Å². The lowest BCUT2D eigenvalue weighted by Gasteiger charge is -2.27. The van der Waals surface area contributed by atoms with Crippen LogP contribution in [0, 0.1) is 5.21 Å². The van der Waals surface area contributed by atoms with Gasteiger partial charge in [0.1, 0.15) is 5.69 Å². The summed E-state index contributed by atoms with van der Waals surface area (Å²) in [5.74, 6) is 0.